The van der Waals surface area contributed by atoms with Crippen LogP contribution in [0.3, 0.4) is 0 Å². The van der Waals surface area contributed by atoms with Crippen molar-refractivity contribution in [2.45, 2.75) is 20.4 Å². The summed E-state index contributed by atoms with van der Waals surface area (Å²) in [7, 11) is 0. The fourth-order valence-corrected chi connectivity index (χ4v) is 2.96. The van der Waals surface area contributed by atoms with Crippen LogP contribution in [0.2, 0.25) is 0 Å². The molecule has 98 valence electrons. The molecule has 0 aromatic carbocycles. The third-order valence-corrected chi connectivity index (χ3v) is 3.99. The van der Waals surface area contributed by atoms with Crippen LogP contribution in [-0.4, -0.2) is 20.5 Å². The van der Waals surface area contributed by atoms with Gasteiger partial charge in [0.2, 0.25) is 4.96 Å². The van der Waals surface area contributed by atoms with Crippen LogP contribution in [0, 0.1) is 13.8 Å². The summed E-state index contributed by atoms with van der Waals surface area (Å²) in [5, 5.41) is 10.8. The number of rotatable bonds is 3. The van der Waals surface area contributed by atoms with Gasteiger partial charge in [0.05, 0.1) is 12.8 Å². The number of hydrogen-bond donors (Lipinski definition) is 1. The van der Waals surface area contributed by atoms with Crippen molar-refractivity contribution in [2.24, 2.45) is 0 Å². The first-order valence-electron chi connectivity index (χ1n) is 5.78. The molecule has 0 saturated carbocycles. The number of carbonyl (C=O) groups excluding carboxylic acids is 1. The van der Waals surface area contributed by atoms with Crippen molar-refractivity contribution in [3.63, 3.8) is 0 Å². The highest BCUT2D eigenvalue weighted by Gasteiger charge is 2.18. The number of aryl methyl sites for hydroxylation is 2. The normalized spacial score (nSPS) is 11.1. The number of hydrogen-bond acceptors (Lipinski definition) is 5. The molecule has 1 N–H and O–H groups in total. The molecule has 0 aliphatic carbocycles. The van der Waals surface area contributed by atoms with Crippen LogP contribution < -0.4 is 5.32 Å². The van der Waals surface area contributed by atoms with E-state index in [1.165, 1.54) is 11.3 Å². The lowest BCUT2D eigenvalue weighted by atomic mass is 10.3. The Kier molecular flexibility index (Phi) is 2.83. The quantitative estimate of drug-likeness (QED) is 0.793. The van der Waals surface area contributed by atoms with Gasteiger partial charge in [0, 0.05) is 5.69 Å². The number of nitrogens with one attached hydrogen (secondary N) is 1. The molecule has 0 fully saturated rings. The minimum atomic E-state index is -0.121. The number of fused-ring (bicyclic) bond motifs is 1. The minimum absolute atomic E-state index is 0.121. The maximum atomic E-state index is 12.1. The van der Waals surface area contributed by atoms with Crippen LogP contribution in [0.4, 0.5) is 0 Å². The van der Waals surface area contributed by atoms with Crippen LogP contribution in [0.1, 0.15) is 27.0 Å². The summed E-state index contributed by atoms with van der Waals surface area (Å²) >= 11 is 1.34. The Morgan fingerprint density at radius 2 is 2.32 bits per heavy atom. The highest BCUT2D eigenvalue weighted by molar-refractivity contribution is 7.19. The molecule has 7 heteroatoms. The van der Waals surface area contributed by atoms with Crippen LogP contribution in [0.15, 0.2) is 22.8 Å². The smallest absolute Gasteiger partial charge is 0.263 e. The van der Waals surface area contributed by atoms with E-state index in [2.05, 4.69) is 15.5 Å². The van der Waals surface area contributed by atoms with Crippen LogP contribution >= 0.6 is 11.3 Å². The molecular weight excluding hydrogens is 264 g/mol. The third-order valence-electron chi connectivity index (χ3n) is 2.86. The highest BCUT2D eigenvalue weighted by Crippen LogP contribution is 2.22. The van der Waals surface area contributed by atoms with E-state index in [1.807, 2.05) is 24.3 Å². The summed E-state index contributed by atoms with van der Waals surface area (Å²) in [6.45, 7) is 4.13. The Morgan fingerprint density at radius 1 is 1.47 bits per heavy atom. The Balaban J connectivity index is 1.83. The maximum Gasteiger partial charge on any atom is 0.263 e. The molecule has 0 atom stereocenters. The SMILES string of the molecule is Cc1nnc2sc(C(=O)NCc3ccco3)c(C)n12. The summed E-state index contributed by atoms with van der Waals surface area (Å²) in [6, 6.07) is 3.61. The van der Waals surface area contributed by atoms with Crippen molar-refractivity contribution < 1.29 is 9.21 Å². The topological polar surface area (TPSA) is 72.4 Å². The second kappa shape index (κ2) is 4.51. The van der Waals surface area contributed by atoms with Gasteiger partial charge in [-0.15, -0.1) is 10.2 Å². The number of nitrogens with zero attached hydrogens (tertiary/aromatic N) is 3. The summed E-state index contributed by atoms with van der Waals surface area (Å²) in [5.74, 6) is 1.39. The fraction of sp³-hybridized carbons (Fsp3) is 0.250. The van der Waals surface area contributed by atoms with Gasteiger partial charge in [-0.3, -0.25) is 9.20 Å². The lowest BCUT2D eigenvalue weighted by Gasteiger charge is -2.02. The van der Waals surface area contributed by atoms with Gasteiger partial charge >= 0.3 is 0 Å². The van der Waals surface area contributed by atoms with Gasteiger partial charge < -0.3 is 9.73 Å². The molecule has 1 amide bonds. The molecule has 0 radical (unpaired) electrons. The fourth-order valence-electron chi connectivity index (χ4n) is 1.93. The molecular formula is C12H12N4O2S. The zero-order valence-electron chi connectivity index (χ0n) is 10.5. The molecule has 0 aliphatic rings. The Morgan fingerprint density at radius 3 is 3.00 bits per heavy atom. The summed E-state index contributed by atoms with van der Waals surface area (Å²) in [5.41, 5.74) is 0.861. The van der Waals surface area contributed by atoms with Crippen LogP contribution in [-0.2, 0) is 6.54 Å². The Bertz CT molecular complexity index is 726. The molecule has 0 unspecified atom stereocenters. The van der Waals surface area contributed by atoms with E-state index < -0.39 is 0 Å². The van der Waals surface area contributed by atoms with E-state index >= 15 is 0 Å². The van der Waals surface area contributed by atoms with Gasteiger partial charge in [-0.2, -0.15) is 0 Å². The molecule has 3 aromatic rings. The van der Waals surface area contributed by atoms with E-state index in [-0.39, 0.29) is 5.91 Å². The first-order valence-corrected chi connectivity index (χ1v) is 6.60. The van der Waals surface area contributed by atoms with Crippen LogP contribution in [0.25, 0.3) is 4.96 Å². The molecule has 0 bridgehead atoms. The highest BCUT2D eigenvalue weighted by atomic mass is 32.1. The predicted octanol–water partition coefficient (Wildman–Crippen LogP) is 1.93. The van der Waals surface area contributed by atoms with Gasteiger partial charge in [0.1, 0.15) is 16.5 Å². The zero-order chi connectivity index (χ0) is 13.4. The number of amides is 1. The standard InChI is InChI=1S/C12H12N4O2S/c1-7-10(19-12-15-14-8(2)16(7)12)11(17)13-6-9-4-3-5-18-9/h3-5H,6H2,1-2H3,(H,13,17). The number of thiazole rings is 1. The zero-order valence-corrected chi connectivity index (χ0v) is 11.3. The minimum Gasteiger partial charge on any atom is -0.467 e. The Labute approximate surface area is 113 Å². The van der Waals surface area contributed by atoms with E-state index in [1.54, 1.807) is 12.3 Å². The second-order valence-corrected chi connectivity index (χ2v) is 5.12. The molecule has 19 heavy (non-hydrogen) atoms. The van der Waals surface area contributed by atoms with Crippen molar-refractivity contribution in [3.8, 4) is 0 Å². The summed E-state index contributed by atoms with van der Waals surface area (Å²) in [6.07, 6.45) is 1.58. The largest absolute Gasteiger partial charge is 0.467 e. The van der Waals surface area contributed by atoms with E-state index in [4.69, 9.17) is 4.42 Å². The van der Waals surface area contributed by atoms with Gasteiger partial charge in [0.15, 0.2) is 0 Å². The van der Waals surface area contributed by atoms with Gasteiger partial charge in [-0.1, -0.05) is 11.3 Å². The average Bonchev–Trinajstić information content (AvgIpc) is 3.07. The molecule has 0 aliphatic heterocycles. The third kappa shape index (κ3) is 2.01. The lowest BCUT2D eigenvalue weighted by Crippen LogP contribution is -2.22. The summed E-state index contributed by atoms with van der Waals surface area (Å²) < 4.78 is 7.06. The molecule has 3 aromatic heterocycles. The van der Waals surface area contributed by atoms with E-state index in [0.29, 0.717) is 11.4 Å². The molecule has 0 spiro atoms. The van der Waals surface area contributed by atoms with E-state index in [9.17, 15) is 4.79 Å². The van der Waals surface area contributed by atoms with Gasteiger partial charge in [-0.25, -0.2) is 0 Å². The number of carbonyl (C=O) groups is 1. The van der Waals surface area contributed by atoms with Crippen molar-refractivity contribution in [2.75, 3.05) is 0 Å². The molecule has 3 heterocycles. The predicted molar refractivity (Wildman–Crippen MR) is 70.2 cm³/mol. The summed E-state index contributed by atoms with van der Waals surface area (Å²) in [4.78, 5) is 13.5. The molecule has 0 saturated heterocycles. The number of aromatic nitrogens is 3. The van der Waals surface area contributed by atoms with Crippen molar-refractivity contribution in [3.05, 3.63) is 40.6 Å². The van der Waals surface area contributed by atoms with Crippen molar-refractivity contribution >= 4 is 22.2 Å². The second-order valence-electron chi connectivity index (χ2n) is 4.14. The average molecular weight is 276 g/mol. The van der Waals surface area contributed by atoms with Crippen molar-refractivity contribution in [1.82, 2.24) is 19.9 Å². The van der Waals surface area contributed by atoms with Gasteiger partial charge in [-0.05, 0) is 26.0 Å². The van der Waals surface area contributed by atoms with Crippen molar-refractivity contribution in [1.29, 1.82) is 0 Å². The van der Waals surface area contributed by atoms with Crippen LogP contribution in [0.5, 0.6) is 0 Å². The van der Waals surface area contributed by atoms with E-state index in [0.717, 1.165) is 22.2 Å². The first-order chi connectivity index (χ1) is 9.16. The molecule has 6 nitrogen and oxygen atoms in total. The van der Waals surface area contributed by atoms with Gasteiger partial charge in [0.25, 0.3) is 5.91 Å². The number of furan rings is 1. The molecule has 3 rings (SSSR count). The maximum absolute atomic E-state index is 12.1. The lowest BCUT2D eigenvalue weighted by molar-refractivity contribution is 0.0951. The monoisotopic (exact) mass is 276 g/mol. The first kappa shape index (κ1) is 11.9. The Hall–Kier alpha value is -2.15.